The molecule has 0 fully saturated rings. The second-order valence-electron chi connectivity index (χ2n) is 4.66. The molecule has 0 unspecified atom stereocenters. The molecule has 0 bridgehead atoms. The summed E-state index contributed by atoms with van der Waals surface area (Å²) in [6.45, 7) is 3.87. The molecule has 0 aliphatic rings. The van der Waals surface area contributed by atoms with E-state index in [0.717, 1.165) is 15.6 Å². The lowest BCUT2D eigenvalue weighted by Crippen LogP contribution is -1.83. The molecule has 21 heavy (non-hydrogen) atoms. The Morgan fingerprint density at radius 3 is 2.48 bits per heavy atom. The average molecular weight is 299 g/mol. The standard InChI is InChI=1S/C8H6FN.C8H8N2S/c1-6-2-3-8(9)7(4-6)5-10;1-5-2-3-7-6(4-5)8(9)10-11-7/h2-4H,1H3;2-4H,1H3,(H2,9,10). The molecule has 5 heteroatoms. The number of benzene rings is 2. The normalized spacial score (nSPS) is 9.81. The molecular weight excluding hydrogens is 285 g/mol. The molecule has 0 aliphatic heterocycles. The molecular formula is C16H14FN3S. The molecule has 0 aliphatic carbocycles. The number of hydrogen-bond acceptors (Lipinski definition) is 4. The summed E-state index contributed by atoms with van der Waals surface area (Å²) < 4.78 is 17.8. The number of aryl methyl sites for hydroxylation is 2. The van der Waals surface area contributed by atoms with E-state index in [4.69, 9.17) is 11.0 Å². The van der Waals surface area contributed by atoms with Crippen molar-refractivity contribution in [3.63, 3.8) is 0 Å². The van der Waals surface area contributed by atoms with Crippen LogP contribution in [0.4, 0.5) is 10.2 Å². The smallest absolute Gasteiger partial charge is 0.144 e. The van der Waals surface area contributed by atoms with Crippen molar-refractivity contribution in [2.24, 2.45) is 0 Å². The minimum atomic E-state index is -0.451. The van der Waals surface area contributed by atoms with Crippen LogP contribution in [0.5, 0.6) is 0 Å². The predicted octanol–water partition coefficient (Wildman–Crippen LogP) is 4.19. The van der Waals surface area contributed by atoms with Crippen molar-refractivity contribution >= 4 is 27.4 Å². The molecule has 2 aromatic carbocycles. The lowest BCUT2D eigenvalue weighted by Gasteiger charge is -1.92. The minimum Gasteiger partial charge on any atom is -0.382 e. The number of nitrogens with two attached hydrogens (primary N) is 1. The van der Waals surface area contributed by atoms with Crippen molar-refractivity contribution in [1.29, 1.82) is 5.26 Å². The third kappa shape index (κ3) is 3.56. The third-order valence-corrected chi connectivity index (χ3v) is 3.74. The van der Waals surface area contributed by atoms with E-state index in [0.29, 0.717) is 5.82 Å². The Morgan fingerprint density at radius 2 is 1.81 bits per heavy atom. The van der Waals surface area contributed by atoms with Gasteiger partial charge in [0.15, 0.2) is 0 Å². The molecule has 1 heterocycles. The quantitative estimate of drug-likeness (QED) is 0.677. The van der Waals surface area contributed by atoms with E-state index in [1.54, 1.807) is 12.1 Å². The number of nitrogens with zero attached hydrogens (tertiary/aromatic N) is 2. The number of nitriles is 1. The number of halogens is 1. The highest BCUT2D eigenvalue weighted by atomic mass is 32.1. The van der Waals surface area contributed by atoms with Gasteiger partial charge in [-0.2, -0.15) is 9.64 Å². The molecule has 0 saturated carbocycles. The van der Waals surface area contributed by atoms with Crippen molar-refractivity contribution in [2.75, 3.05) is 5.73 Å². The van der Waals surface area contributed by atoms with Crippen LogP contribution in [-0.2, 0) is 0 Å². The minimum absolute atomic E-state index is 0.111. The summed E-state index contributed by atoms with van der Waals surface area (Å²) in [5.74, 6) is 0.196. The van der Waals surface area contributed by atoms with E-state index in [9.17, 15) is 4.39 Å². The van der Waals surface area contributed by atoms with Gasteiger partial charge in [-0.25, -0.2) is 4.39 Å². The molecule has 106 valence electrons. The maximum absolute atomic E-state index is 12.5. The Bertz CT molecular complexity index is 818. The molecule has 0 atom stereocenters. The molecule has 0 amide bonds. The Kier molecular flexibility index (Phi) is 4.51. The Hall–Kier alpha value is -2.45. The summed E-state index contributed by atoms with van der Waals surface area (Å²) in [5, 5.41) is 9.43. The van der Waals surface area contributed by atoms with Crippen molar-refractivity contribution in [3.05, 3.63) is 58.9 Å². The van der Waals surface area contributed by atoms with Gasteiger partial charge in [0.05, 0.1) is 10.3 Å². The van der Waals surface area contributed by atoms with Crippen LogP contribution in [0.1, 0.15) is 16.7 Å². The Labute approximate surface area is 126 Å². The van der Waals surface area contributed by atoms with E-state index in [1.807, 2.05) is 6.92 Å². The van der Waals surface area contributed by atoms with Gasteiger partial charge < -0.3 is 5.73 Å². The van der Waals surface area contributed by atoms with Crippen LogP contribution >= 0.6 is 11.5 Å². The summed E-state index contributed by atoms with van der Waals surface area (Å²) in [6, 6.07) is 12.4. The zero-order chi connectivity index (χ0) is 15.4. The van der Waals surface area contributed by atoms with Crippen LogP contribution in [0.2, 0.25) is 0 Å². The number of nitrogen functional groups attached to an aromatic ring is 1. The summed E-state index contributed by atoms with van der Waals surface area (Å²) >= 11 is 1.45. The third-order valence-electron chi connectivity index (χ3n) is 2.90. The fourth-order valence-corrected chi connectivity index (χ4v) is 2.48. The number of hydrogen-bond donors (Lipinski definition) is 1. The van der Waals surface area contributed by atoms with Gasteiger partial charge in [-0.1, -0.05) is 17.7 Å². The van der Waals surface area contributed by atoms with Crippen molar-refractivity contribution in [2.45, 2.75) is 13.8 Å². The summed E-state index contributed by atoms with van der Waals surface area (Å²) in [7, 11) is 0. The van der Waals surface area contributed by atoms with Gasteiger partial charge in [0.25, 0.3) is 0 Å². The fraction of sp³-hybridized carbons (Fsp3) is 0.125. The maximum atomic E-state index is 12.5. The molecule has 0 saturated heterocycles. The van der Waals surface area contributed by atoms with Gasteiger partial charge in [0.2, 0.25) is 0 Å². The van der Waals surface area contributed by atoms with Crippen molar-refractivity contribution < 1.29 is 4.39 Å². The fourth-order valence-electron chi connectivity index (χ4n) is 1.80. The Morgan fingerprint density at radius 1 is 1.14 bits per heavy atom. The lowest BCUT2D eigenvalue weighted by atomic mass is 10.1. The highest BCUT2D eigenvalue weighted by molar-refractivity contribution is 7.13. The number of aromatic nitrogens is 1. The molecule has 0 spiro atoms. The average Bonchev–Trinajstić information content (AvgIpc) is 2.83. The second-order valence-corrected chi connectivity index (χ2v) is 5.47. The van der Waals surface area contributed by atoms with Crippen LogP contribution in [0.25, 0.3) is 10.1 Å². The first-order valence-electron chi connectivity index (χ1n) is 6.29. The summed E-state index contributed by atoms with van der Waals surface area (Å²) in [6.07, 6.45) is 0. The predicted molar refractivity (Wildman–Crippen MR) is 84.6 cm³/mol. The first-order valence-corrected chi connectivity index (χ1v) is 7.06. The molecule has 3 nitrogen and oxygen atoms in total. The van der Waals surface area contributed by atoms with Gasteiger partial charge in [-0.05, 0) is 55.2 Å². The number of rotatable bonds is 0. The molecule has 2 N–H and O–H groups in total. The van der Waals surface area contributed by atoms with Gasteiger partial charge in [-0.3, -0.25) is 0 Å². The topological polar surface area (TPSA) is 62.7 Å². The highest BCUT2D eigenvalue weighted by Crippen LogP contribution is 2.24. The van der Waals surface area contributed by atoms with Crippen molar-refractivity contribution in [1.82, 2.24) is 4.37 Å². The van der Waals surface area contributed by atoms with E-state index >= 15 is 0 Å². The van der Waals surface area contributed by atoms with E-state index < -0.39 is 5.82 Å². The van der Waals surface area contributed by atoms with E-state index in [-0.39, 0.29) is 5.56 Å². The zero-order valence-corrected chi connectivity index (χ0v) is 12.5. The monoisotopic (exact) mass is 299 g/mol. The van der Waals surface area contributed by atoms with Crippen LogP contribution in [-0.4, -0.2) is 4.37 Å². The SMILES string of the molecule is Cc1ccc(F)c(C#N)c1.Cc1ccc2snc(N)c2c1. The number of fused-ring (bicyclic) bond motifs is 1. The molecule has 3 rings (SSSR count). The molecule has 3 aromatic rings. The lowest BCUT2D eigenvalue weighted by molar-refractivity contribution is 0.623. The van der Waals surface area contributed by atoms with Gasteiger partial charge >= 0.3 is 0 Å². The van der Waals surface area contributed by atoms with Gasteiger partial charge in [0.1, 0.15) is 17.7 Å². The van der Waals surface area contributed by atoms with E-state index in [2.05, 4.69) is 29.5 Å². The van der Waals surface area contributed by atoms with Crippen LogP contribution in [0, 0.1) is 31.0 Å². The van der Waals surface area contributed by atoms with Gasteiger partial charge in [0, 0.05) is 5.39 Å². The first-order chi connectivity index (χ1) is 10.0. The van der Waals surface area contributed by atoms with Crippen molar-refractivity contribution in [3.8, 4) is 6.07 Å². The van der Waals surface area contributed by atoms with Crippen LogP contribution in [0.3, 0.4) is 0 Å². The molecule has 0 radical (unpaired) electrons. The van der Waals surface area contributed by atoms with Gasteiger partial charge in [-0.15, -0.1) is 0 Å². The second kappa shape index (κ2) is 6.33. The van der Waals surface area contributed by atoms with Crippen LogP contribution in [0.15, 0.2) is 36.4 Å². The zero-order valence-electron chi connectivity index (χ0n) is 11.7. The highest BCUT2D eigenvalue weighted by Gasteiger charge is 2.00. The summed E-state index contributed by atoms with van der Waals surface area (Å²) in [4.78, 5) is 0. The maximum Gasteiger partial charge on any atom is 0.144 e. The molecule has 1 aromatic heterocycles. The van der Waals surface area contributed by atoms with Crippen LogP contribution < -0.4 is 5.73 Å². The number of anilines is 1. The van der Waals surface area contributed by atoms with E-state index in [1.165, 1.54) is 29.2 Å². The Balaban J connectivity index is 0.000000155. The largest absolute Gasteiger partial charge is 0.382 e. The summed E-state index contributed by atoms with van der Waals surface area (Å²) in [5.41, 5.74) is 7.88. The first kappa shape index (κ1) is 14.9.